The standard InChI is InChI=1S/C17H16F3N3O2/c1-3-25-16(24)14-10(2)22-13-7-8-21-23(13)15(14)11-5-4-6-12(9-11)17(18,19)20/h4-9,15,22H,3H2,1-2H3. The van der Waals surface area contributed by atoms with Crippen LogP contribution in [0.25, 0.3) is 0 Å². The Bertz CT molecular complexity index is 840. The van der Waals surface area contributed by atoms with Crippen LogP contribution in [0.15, 0.2) is 47.8 Å². The summed E-state index contributed by atoms with van der Waals surface area (Å²) in [5, 5.41) is 7.20. The van der Waals surface area contributed by atoms with Gasteiger partial charge in [-0.15, -0.1) is 0 Å². The number of nitrogens with one attached hydrogen (secondary N) is 1. The van der Waals surface area contributed by atoms with Crippen molar-refractivity contribution in [2.24, 2.45) is 0 Å². The Morgan fingerprint density at radius 1 is 1.36 bits per heavy atom. The van der Waals surface area contributed by atoms with Gasteiger partial charge in [0.15, 0.2) is 0 Å². The molecule has 5 nitrogen and oxygen atoms in total. The van der Waals surface area contributed by atoms with E-state index in [9.17, 15) is 18.0 Å². The molecule has 0 fully saturated rings. The number of allylic oxidation sites excluding steroid dienone is 1. The number of carbonyl (C=O) groups is 1. The molecule has 132 valence electrons. The van der Waals surface area contributed by atoms with Gasteiger partial charge >= 0.3 is 12.1 Å². The van der Waals surface area contributed by atoms with Crippen molar-refractivity contribution in [3.63, 3.8) is 0 Å². The number of fused-ring (bicyclic) bond motifs is 1. The number of alkyl halides is 3. The van der Waals surface area contributed by atoms with Gasteiger partial charge in [0.2, 0.25) is 0 Å². The first-order valence-electron chi connectivity index (χ1n) is 7.68. The molecule has 3 rings (SSSR count). The molecule has 2 aromatic rings. The van der Waals surface area contributed by atoms with E-state index in [0.717, 1.165) is 12.1 Å². The SMILES string of the molecule is CCOC(=O)C1=C(C)Nc2ccnn2C1c1cccc(C(F)(F)F)c1. The first kappa shape index (κ1) is 17.1. The number of carbonyl (C=O) groups excluding carboxylic acids is 1. The van der Waals surface area contributed by atoms with Crippen LogP contribution in [-0.2, 0) is 15.7 Å². The van der Waals surface area contributed by atoms with Crippen molar-refractivity contribution in [3.8, 4) is 0 Å². The largest absolute Gasteiger partial charge is 0.463 e. The molecule has 0 bridgehead atoms. The van der Waals surface area contributed by atoms with Gasteiger partial charge in [0.1, 0.15) is 11.9 Å². The molecule has 0 spiro atoms. The van der Waals surface area contributed by atoms with E-state index in [0.29, 0.717) is 17.1 Å². The minimum Gasteiger partial charge on any atom is -0.463 e. The third kappa shape index (κ3) is 3.11. The Morgan fingerprint density at radius 2 is 2.12 bits per heavy atom. The summed E-state index contributed by atoms with van der Waals surface area (Å²) in [6.45, 7) is 3.52. The zero-order valence-corrected chi connectivity index (χ0v) is 13.6. The molecule has 0 amide bonds. The molecule has 2 heterocycles. The summed E-state index contributed by atoms with van der Waals surface area (Å²) in [6, 6.07) is 5.78. The predicted molar refractivity (Wildman–Crippen MR) is 84.8 cm³/mol. The second-order valence-corrected chi connectivity index (χ2v) is 5.57. The van der Waals surface area contributed by atoms with Crippen molar-refractivity contribution in [1.29, 1.82) is 0 Å². The van der Waals surface area contributed by atoms with E-state index in [1.807, 2.05) is 0 Å². The van der Waals surface area contributed by atoms with E-state index < -0.39 is 23.8 Å². The summed E-state index contributed by atoms with van der Waals surface area (Å²) in [7, 11) is 0. The molecule has 0 saturated carbocycles. The first-order chi connectivity index (χ1) is 11.8. The average Bonchev–Trinajstić information content (AvgIpc) is 3.00. The molecule has 1 aromatic heterocycles. The van der Waals surface area contributed by atoms with Crippen molar-refractivity contribution in [2.75, 3.05) is 11.9 Å². The van der Waals surface area contributed by atoms with Crippen molar-refractivity contribution in [2.45, 2.75) is 26.1 Å². The number of halogens is 3. The summed E-state index contributed by atoms with van der Waals surface area (Å²) >= 11 is 0. The lowest BCUT2D eigenvalue weighted by Gasteiger charge is -2.29. The number of rotatable bonds is 3. The molecular weight excluding hydrogens is 335 g/mol. The summed E-state index contributed by atoms with van der Waals surface area (Å²) in [5.41, 5.74) is 0.285. The quantitative estimate of drug-likeness (QED) is 0.856. The molecule has 1 aliphatic heterocycles. The normalized spacial score (nSPS) is 17.1. The van der Waals surface area contributed by atoms with Gasteiger partial charge in [-0.1, -0.05) is 12.1 Å². The Labute approximate surface area is 142 Å². The summed E-state index contributed by atoms with van der Waals surface area (Å²) in [6.07, 6.45) is -2.96. The molecule has 1 aromatic carbocycles. The highest BCUT2D eigenvalue weighted by Gasteiger charge is 2.36. The van der Waals surface area contributed by atoms with E-state index in [1.165, 1.54) is 16.9 Å². The predicted octanol–water partition coefficient (Wildman–Crippen LogP) is 3.75. The van der Waals surface area contributed by atoms with Gasteiger partial charge in [-0.05, 0) is 31.5 Å². The molecule has 1 atom stereocenters. The third-order valence-corrected chi connectivity index (χ3v) is 3.93. The molecule has 25 heavy (non-hydrogen) atoms. The van der Waals surface area contributed by atoms with E-state index in [-0.39, 0.29) is 12.2 Å². The summed E-state index contributed by atoms with van der Waals surface area (Å²) < 4.78 is 45.8. The zero-order chi connectivity index (χ0) is 18.2. The number of aromatic nitrogens is 2. The van der Waals surface area contributed by atoms with Crippen LogP contribution in [-0.4, -0.2) is 22.4 Å². The smallest absolute Gasteiger partial charge is 0.416 e. The van der Waals surface area contributed by atoms with Crippen LogP contribution in [0.3, 0.4) is 0 Å². The molecule has 1 aliphatic rings. The number of hydrogen-bond acceptors (Lipinski definition) is 4. The highest BCUT2D eigenvalue weighted by atomic mass is 19.4. The lowest BCUT2D eigenvalue weighted by atomic mass is 9.94. The van der Waals surface area contributed by atoms with Crippen molar-refractivity contribution < 1.29 is 22.7 Å². The maximum absolute atomic E-state index is 13.1. The highest BCUT2D eigenvalue weighted by Crippen LogP contribution is 2.38. The minimum absolute atomic E-state index is 0.164. The van der Waals surface area contributed by atoms with Crippen LogP contribution in [0.2, 0.25) is 0 Å². The maximum atomic E-state index is 13.1. The lowest BCUT2D eigenvalue weighted by molar-refractivity contribution is -0.139. The highest BCUT2D eigenvalue weighted by molar-refractivity contribution is 5.92. The molecule has 0 aliphatic carbocycles. The van der Waals surface area contributed by atoms with Gasteiger partial charge in [-0.2, -0.15) is 18.3 Å². The Balaban J connectivity index is 2.15. The monoisotopic (exact) mass is 351 g/mol. The number of esters is 1. The van der Waals surface area contributed by atoms with Crippen molar-refractivity contribution in [1.82, 2.24) is 9.78 Å². The van der Waals surface area contributed by atoms with Crippen LogP contribution in [0.5, 0.6) is 0 Å². The second kappa shape index (κ2) is 6.27. The van der Waals surface area contributed by atoms with Crippen molar-refractivity contribution in [3.05, 3.63) is 58.9 Å². The third-order valence-electron chi connectivity index (χ3n) is 3.93. The number of anilines is 1. The Hall–Kier alpha value is -2.77. The molecule has 1 N–H and O–H groups in total. The van der Waals surface area contributed by atoms with E-state index >= 15 is 0 Å². The van der Waals surface area contributed by atoms with E-state index in [1.54, 1.807) is 26.0 Å². The number of benzene rings is 1. The summed E-state index contributed by atoms with van der Waals surface area (Å²) in [5.74, 6) is 0.00372. The van der Waals surface area contributed by atoms with Crippen LogP contribution < -0.4 is 5.32 Å². The van der Waals surface area contributed by atoms with E-state index in [2.05, 4.69) is 10.4 Å². The summed E-state index contributed by atoms with van der Waals surface area (Å²) in [4.78, 5) is 12.4. The van der Waals surface area contributed by atoms with Crippen LogP contribution >= 0.6 is 0 Å². The van der Waals surface area contributed by atoms with Gasteiger partial charge in [0.05, 0.1) is 23.9 Å². The Kier molecular flexibility index (Phi) is 4.28. The topological polar surface area (TPSA) is 56.1 Å². The average molecular weight is 351 g/mol. The second-order valence-electron chi connectivity index (χ2n) is 5.57. The molecular formula is C17H16F3N3O2. The van der Waals surface area contributed by atoms with Gasteiger partial charge in [0.25, 0.3) is 0 Å². The fourth-order valence-corrected chi connectivity index (χ4v) is 2.87. The Morgan fingerprint density at radius 3 is 2.80 bits per heavy atom. The number of ether oxygens (including phenoxy) is 1. The van der Waals surface area contributed by atoms with Crippen LogP contribution in [0, 0.1) is 0 Å². The zero-order valence-electron chi connectivity index (χ0n) is 13.6. The van der Waals surface area contributed by atoms with Gasteiger partial charge < -0.3 is 10.1 Å². The lowest BCUT2D eigenvalue weighted by Crippen LogP contribution is -2.29. The number of nitrogens with zero attached hydrogens (tertiary/aromatic N) is 2. The minimum atomic E-state index is -4.47. The van der Waals surface area contributed by atoms with Gasteiger partial charge in [-0.3, -0.25) is 0 Å². The fourth-order valence-electron chi connectivity index (χ4n) is 2.87. The van der Waals surface area contributed by atoms with Gasteiger partial charge in [-0.25, -0.2) is 9.48 Å². The maximum Gasteiger partial charge on any atom is 0.416 e. The molecule has 0 saturated heterocycles. The molecule has 0 radical (unpaired) electrons. The van der Waals surface area contributed by atoms with Crippen LogP contribution in [0.1, 0.15) is 31.0 Å². The molecule has 8 heteroatoms. The number of hydrogen-bond donors (Lipinski definition) is 1. The fraction of sp³-hybridized carbons (Fsp3) is 0.294. The van der Waals surface area contributed by atoms with E-state index in [4.69, 9.17) is 4.74 Å². The van der Waals surface area contributed by atoms with Crippen LogP contribution in [0.4, 0.5) is 19.0 Å². The van der Waals surface area contributed by atoms with Gasteiger partial charge in [0, 0.05) is 11.8 Å². The molecule has 1 unspecified atom stereocenters. The van der Waals surface area contributed by atoms with Crippen molar-refractivity contribution >= 4 is 11.8 Å². The first-order valence-corrected chi connectivity index (χ1v) is 7.68.